The van der Waals surface area contributed by atoms with E-state index in [0.29, 0.717) is 26.5 Å². The van der Waals surface area contributed by atoms with Gasteiger partial charge < -0.3 is 5.32 Å². The van der Waals surface area contributed by atoms with Gasteiger partial charge in [0.1, 0.15) is 10.7 Å². The van der Waals surface area contributed by atoms with Crippen LogP contribution in [0, 0.1) is 13.8 Å². The number of fused-ring (bicyclic) bond motifs is 1. The molecule has 0 bridgehead atoms. The van der Waals surface area contributed by atoms with Gasteiger partial charge in [0.2, 0.25) is 4.96 Å². The summed E-state index contributed by atoms with van der Waals surface area (Å²) in [7, 11) is -3.73. The van der Waals surface area contributed by atoms with E-state index < -0.39 is 10.0 Å². The molecule has 2 N–H and O–H groups in total. The van der Waals surface area contributed by atoms with E-state index in [0.717, 1.165) is 5.69 Å². The van der Waals surface area contributed by atoms with Crippen LogP contribution in [-0.4, -0.2) is 33.9 Å². The Bertz CT molecular complexity index is 1260. The lowest BCUT2D eigenvalue weighted by atomic mass is 10.3. The highest BCUT2D eigenvalue weighted by Crippen LogP contribution is 2.24. The molecule has 3 heterocycles. The Morgan fingerprint density at radius 3 is 2.54 bits per heavy atom. The van der Waals surface area contributed by atoms with Gasteiger partial charge >= 0.3 is 0 Å². The van der Waals surface area contributed by atoms with Crippen molar-refractivity contribution in [1.82, 2.24) is 19.6 Å². The molecule has 28 heavy (non-hydrogen) atoms. The summed E-state index contributed by atoms with van der Waals surface area (Å²) in [5.41, 5.74) is 1.24. The number of hydrogen-bond donors (Lipinski definition) is 2. The summed E-state index contributed by atoms with van der Waals surface area (Å²) in [5, 5.41) is 12.8. The fraction of sp³-hybridized carbons (Fsp3) is 0.125. The lowest BCUT2D eigenvalue weighted by molar-refractivity contribution is 0.102. The first-order valence-corrected chi connectivity index (χ1v) is 11.2. The number of amides is 1. The third-order valence-electron chi connectivity index (χ3n) is 3.94. The van der Waals surface area contributed by atoms with E-state index in [1.54, 1.807) is 5.38 Å². The molecule has 0 atom stereocenters. The number of nitrogens with zero attached hydrogens (tertiary/aromatic N) is 4. The molecule has 0 aliphatic rings. The molecule has 0 saturated carbocycles. The number of carbonyl (C=O) groups excluding carboxylic acids is 1. The summed E-state index contributed by atoms with van der Waals surface area (Å²) in [6, 6.07) is 5.92. The number of thiazole rings is 2. The predicted molar refractivity (Wildman–Crippen MR) is 108 cm³/mol. The van der Waals surface area contributed by atoms with Gasteiger partial charge in [-0.2, -0.15) is 0 Å². The van der Waals surface area contributed by atoms with E-state index in [-0.39, 0.29) is 10.8 Å². The maximum absolute atomic E-state index is 12.6. The van der Waals surface area contributed by atoms with Crippen LogP contribution in [0.1, 0.15) is 21.2 Å². The monoisotopic (exact) mass is 434 g/mol. The molecule has 0 aliphatic heterocycles. The predicted octanol–water partition coefficient (Wildman–Crippen LogP) is 2.92. The zero-order valence-corrected chi connectivity index (χ0v) is 17.2. The number of nitrogens with one attached hydrogen (secondary N) is 2. The Morgan fingerprint density at radius 2 is 1.89 bits per heavy atom. The molecular formula is C16H14N6O3S3. The van der Waals surface area contributed by atoms with Crippen LogP contribution in [0.3, 0.4) is 0 Å². The van der Waals surface area contributed by atoms with Crippen molar-refractivity contribution < 1.29 is 13.2 Å². The topological polar surface area (TPSA) is 118 Å². The summed E-state index contributed by atoms with van der Waals surface area (Å²) >= 11 is 2.44. The molecule has 12 heteroatoms. The van der Waals surface area contributed by atoms with Crippen molar-refractivity contribution in [2.45, 2.75) is 18.7 Å². The number of aryl methyl sites for hydroxylation is 2. The first-order valence-electron chi connectivity index (χ1n) is 8.00. The summed E-state index contributed by atoms with van der Waals surface area (Å²) in [6.45, 7) is 3.65. The number of sulfonamides is 1. The molecule has 144 valence electrons. The van der Waals surface area contributed by atoms with Crippen molar-refractivity contribution in [2.75, 3.05) is 10.0 Å². The van der Waals surface area contributed by atoms with Gasteiger partial charge in [-0.05, 0) is 38.1 Å². The Kier molecular flexibility index (Phi) is 4.61. The number of anilines is 2. The summed E-state index contributed by atoms with van der Waals surface area (Å²) in [6.07, 6.45) is 1.52. The van der Waals surface area contributed by atoms with Gasteiger partial charge in [-0.1, -0.05) is 11.3 Å². The van der Waals surface area contributed by atoms with E-state index in [4.69, 9.17) is 0 Å². The average Bonchev–Trinajstić information content (AvgIpc) is 3.35. The quantitative estimate of drug-likeness (QED) is 0.499. The van der Waals surface area contributed by atoms with Gasteiger partial charge in [0.25, 0.3) is 15.9 Å². The van der Waals surface area contributed by atoms with Crippen LogP contribution in [0.2, 0.25) is 0 Å². The molecule has 1 aromatic carbocycles. The lowest BCUT2D eigenvalue weighted by Gasteiger charge is -2.08. The summed E-state index contributed by atoms with van der Waals surface area (Å²) < 4.78 is 28.9. The second kappa shape index (κ2) is 6.96. The zero-order chi connectivity index (χ0) is 19.9. The van der Waals surface area contributed by atoms with Crippen molar-refractivity contribution >= 4 is 54.4 Å². The number of benzene rings is 1. The number of rotatable bonds is 5. The molecule has 0 fully saturated rings. The third-order valence-corrected chi connectivity index (χ3v) is 7.24. The van der Waals surface area contributed by atoms with Crippen LogP contribution in [-0.2, 0) is 10.0 Å². The van der Waals surface area contributed by atoms with E-state index in [1.807, 2.05) is 18.2 Å². The van der Waals surface area contributed by atoms with E-state index >= 15 is 0 Å². The van der Waals surface area contributed by atoms with E-state index in [2.05, 4.69) is 25.2 Å². The molecule has 0 radical (unpaired) electrons. The molecule has 4 rings (SSSR count). The minimum Gasteiger partial charge on any atom is -0.321 e. The van der Waals surface area contributed by atoms with Crippen LogP contribution >= 0.6 is 22.7 Å². The largest absolute Gasteiger partial charge is 0.321 e. The molecule has 0 spiro atoms. The average molecular weight is 435 g/mol. The first-order chi connectivity index (χ1) is 13.3. The minimum atomic E-state index is -3.73. The number of carbonyl (C=O) groups is 1. The molecular weight excluding hydrogens is 420 g/mol. The van der Waals surface area contributed by atoms with Crippen LogP contribution in [0.5, 0.6) is 0 Å². The van der Waals surface area contributed by atoms with E-state index in [1.165, 1.54) is 53.1 Å². The normalized spacial score (nSPS) is 11.6. The molecule has 9 nitrogen and oxygen atoms in total. The van der Waals surface area contributed by atoms with Crippen LogP contribution in [0.15, 0.2) is 40.7 Å². The zero-order valence-electron chi connectivity index (χ0n) is 14.7. The van der Waals surface area contributed by atoms with Gasteiger partial charge in [0, 0.05) is 23.0 Å². The van der Waals surface area contributed by atoms with Gasteiger partial charge in [-0.15, -0.1) is 21.5 Å². The van der Waals surface area contributed by atoms with Crippen molar-refractivity contribution in [3.05, 3.63) is 52.2 Å². The third kappa shape index (κ3) is 3.37. The van der Waals surface area contributed by atoms with Crippen LogP contribution in [0.25, 0.3) is 4.96 Å². The summed E-state index contributed by atoms with van der Waals surface area (Å²) in [4.78, 5) is 17.8. The first kappa shape index (κ1) is 18.5. The summed E-state index contributed by atoms with van der Waals surface area (Å²) in [5.74, 6) is 0.425. The molecule has 4 aromatic rings. The fourth-order valence-electron chi connectivity index (χ4n) is 2.63. The van der Waals surface area contributed by atoms with Crippen molar-refractivity contribution in [2.24, 2.45) is 0 Å². The molecule has 3 aromatic heterocycles. The van der Waals surface area contributed by atoms with Crippen molar-refractivity contribution in [3.63, 3.8) is 0 Å². The van der Waals surface area contributed by atoms with Gasteiger partial charge in [-0.25, -0.2) is 13.4 Å². The van der Waals surface area contributed by atoms with Crippen LogP contribution < -0.4 is 10.0 Å². The Labute approximate surface area is 168 Å². The SMILES string of the molecule is Cc1nnc2sc(C(=O)Nc3ccc(S(=O)(=O)Nc4nccs4)cc3)c(C)n12. The van der Waals surface area contributed by atoms with Crippen molar-refractivity contribution in [3.8, 4) is 0 Å². The Hall–Kier alpha value is -2.83. The van der Waals surface area contributed by atoms with E-state index in [9.17, 15) is 13.2 Å². The molecule has 0 aliphatic carbocycles. The minimum absolute atomic E-state index is 0.0770. The highest BCUT2D eigenvalue weighted by molar-refractivity contribution is 7.93. The smallest absolute Gasteiger partial charge is 0.267 e. The maximum Gasteiger partial charge on any atom is 0.267 e. The van der Waals surface area contributed by atoms with Gasteiger partial charge in [-0.3, -0.25) is 13.9 Å². The molecule has 0 saturated heterocycles. The Balaban J connectivity index is 1.52. The van der Waals surface area contributed by atoms with Gasteiger partial charge in [0.15, 0.2) is 5.13 Å². The molecule has 0 unspecified atom stereocenters. The lowest BCUT2D eigenvalue weighted by Crippen LogP contribution is -2.14. The maximum atomic E-state index is 12.6. The standard InChI is InChI=1S/C16H14N6O3S3/c1-9-13(27-16-20-19-10(2)22(9)16)14(23)18-11-3-5-12(6-4-11)28(24,25)21-15-17-7-8-26-15/h3-8H,1-2H3,(H,17,21)(H,18,23). The van der Waals surface area contributed by atoms with Crippen LogP contribution in [0.4, 0.5) is 10.8 Å². The van der Waals surface area contributed by atoms with Gasteiger partial charge in [0.05, 0.1) is 4.90 Å². The highest BCUT2D eigenvalue weighted by Gasteiger charge is 2.19. The second-order valence-electron chi connectivity index (χ2n) is 5.80. The Morgan fingerprint density at radius 1 is 1.14 bits per heavy atom. The number of hydrogen-bond acceptors (Lipinski definition) is 8. The number of aromatic nitrogens is 4. The fourth-order valence-corrected chi connectivity index (χ4v) is 5.42. The second-order valence-corrected chi connectivity index (χ2v) is 9.36. The van der Waals surface area contributed by atoms with Crippen molar-refractivity contribution in [1.29, 1.82) is 0 Å². The highest BCUT2D eigenvalue weighted by atomic mass is 32.2. The molecule has 1 amide bonds.